The van der Waals surface area contributed by atoms with Crippen molar-refractivity contribution in [2.45, 2.75) is 74.5 Å². The quantitative estimate of drug-likeness (QED) is 0.541. The molecular formula is C25H39F3N6O2. The van der Waals surface area contributed by atoms with Gasteiger partial charge in [0.05, 0.1) is 24.7 Å². The molecule has 4 rings (SSSR count). The van der Waals surface area contributed by atoms with Gasteiger partial charge in [-0.3, -0.25) is 4.79 Å². The maximum Gasteiger partial charge on any atom is 0.451 e. The second kappa shape index (κ2) is 11.8. The largest absolute Gasteiger partial charge is 0.490 e. The Kier molecular flexibility index (Phi) is 10.2. The minimum atomic E-state index is -4.56. The molecule has 0 saturated heterocycles. The average molecular weight is 513 g/mol. The van der Waals surface area contributed by atoms with E-state index in [-0.39, 0.29) is 45.9 Å². The van der Waals surface area contributed by atoms with Crippen molar-refractivity contribution in [3.63, 3.8) is 0 Å². The Morgan fingerprint density at radius 1 is 1.11 bits per heavy atom. The molecule has 2 aromatic heterocycles. The fourth-order valence-electron chi connectivity index (χ4n) is 4.55. The van der Waals surface area contributed by atoms with Gasteiger partial charge < -0.3 is 15.0 Å². The van der Waals surface area contributed by atoms with Gasteiger partial charge in [-0.15, -0.1) is 0 Å². The van der Waals surface area contributed by atoms with Gasteiger partial charge in [0.1, 0.15) is 17.6 Å². The highest BCUT2D eigenvalue weighted by molar-refractivity contribution is 6.03. The Hall–Kier alpha value is -2.98. The van der Waals surface area contributed by atoms with Gasteiger partial charge >= 0.3 is 6.18 Å². The summed E-state index contributed by atoms with van der Waals surface area (Å²) in [5.41, 5.74) is 1.42. The molecule has 2 aromatic rings. The minimum absolute atomic E-state index is 0. The topological polar surface area (TPSA) is 93.1 Å². The maximum atomic E-state index is 12.5. The van der Waals surface area contributed by atoms with E-state index in [0.717, 1.165) is 49.0 Å². The number of hydrogen-bond donors (Lipinski definition) is 1. The minimum Gasteiger partial charge on any atom is -0.490 e. The number of carbonyl (C=O) groups is 1. The highest BCUT2D eigenvalue weighted by atomic mass is 19.4. The number of carbonyl (C=O) groups excluding carboxylic acids is 1. The number of amides is 1. The first kappa shape index (κ1) is 31.1. The lowest BCUT2D eigenvalue weighted by molar-refractivity contribution is -0.145. The Morgan fingerprint density at radius 3 is 2.28 bits per heavy atom. The van der Waals surface area contributed by atoms with Gasteiger partial charge in [0.15, 0.2) is 11.6 Å². The van der Waals surface area contributed by atoms with Gasteiger partial charge in [0.2, 0.25) is 11.7 Å². The maximum absolute atomic E-state index is 12.5. The summed E-state index contributed by atoms with van der Waals surface area (Å²) in [4.78, 5) is 30.4. The molecule has 1 aliphatic heterocycles. The molecule has 0 bridgehead atoms. The van der Waals surface area contributed by atoms with Crippen LogP contribution in [0, 0.1) is 24.7 Å². The third-order valence-electron chi connectivity index (χ3n) is 6.19. The number of rotatable bonds is 6. The molecule has 202 valence electrons. The Balaban J connectivity index is 0.00000216. The molecule has 1 fully saturated rings. The lowest BCUT2D eigenvalue weighted by atomic mass is 9.73. The number of ether oxygens (including phenoxy) is 1. The molecule has 2 aliphatic rings. The SMILES string of the molecule is C.C.C.Cc1nc(CC2CC(COc3cnc(C(F)(F)F)nc3)C2)nc2c1NC(=O)[C@H](C(C)C)N2C. The van der Waals surface area contributed by atoms with Gasteiger partial charge in [-0.2, -0.15) is 13.2 Å². The molecular weight excluding hydrogens is 473 g/mol. The van der Waals surface area contributed by atoms with Crippen molar-refractivity contribution < 1.29 is 22.7 Å². The van der Waals surface area contributed by atoms with E-state index in [2.05, 4.69) is 20.3 Å². The number of aromatic nitrogens is 4. The first-order valence-corrected chi connectivity index (χ1v) is 11.0. The highest BCUT2D eigenvalue weighted by Gasteiger charge is 2.37. The molecule has 8 nitrogen and oxygen atoms in total. The number of anilines is 2. The summed E-state index contributed by atoms with van der Waals surface area (Å²) in [6.07, 6.45) is 0.101. The second-order valence-electron chi connectivity index (χ2n) is 9.17. The zero-order valence-corrected chi connectivity index (χ0v) is 19.0. The van der Waals surface area contributed by atoms with Crippen LogP contribution >= 0.6 is 0 Å². The molecule has 36 heavy (non-hydrogen) atoms. The highest BCUT2D eigenvalue weighted by Crippen LogP contribution is 2.38. The number of nitrogens with zero attached hydrogens (tertiary/aromatic N) is 5. The second-order valence-corrected chi connectivity index (χ2v) is 9.17. The van der Waals surface area contributed by atoms with E-state index in [1.807, 2.05) is 32.7 Å². The van der Waals surface area contributed by atoms with Crippen LogP contribution in [0.2, 0.25) is 0 Å². The summed E-state index contributed by atoms with van der Waals surface area (Å²) < 4.78 is 43.2. The van der Waals surface area contributed by atoms with Gasteiger partial charge in [-0.25, -0.2) is 19.9 Å². The lowest BCUT2D eigenvalue weighted by Gasteiger charge is -2.38. The summed E-state index contributed by atoms with van der Waals surface area (Å²) in [5, 5.41) is 2.95. The number of alkyl halides is 3. The van der Waals surface area contributed by atoms with E-state index in [1.165, 1.54) is 0 Å². The van der Waals surface area contributed by atoms with Gasteiger partial charge in [-0.05, 0) is 37.5 Å². The van der Waals surface area contributed by atoms with Gasteiger partial charge in [-0.1, -0.05) is 36.1 Å². The molecule has 0 spiro atoms. The number of nitrogens with one attached hydrogen (secondary N) is 1. The van der Waals surface area contributed by atoms with Crippen LogP contribution in [0.3, 0.4) is 0 Å². The van der Waals surface area contributed by atoms with Crippen LogP contribution < -0.4 is 15.0 Å². The molecule has 1 aliphatic carbocycles. The van der Waals surface area contributed by atoms with Crippen LogP contribution in [-0.2, 0) is 17.4 Å². The third kappa shape index (κ3) is 6.41. The first-order valence-electron chi connectivity index (χ1n) is 11.0. The van der Waals surface area contributed by atoms with Crippen LogP contribution in [0.15, 0.2) is 12.4 Å². The summed E-state index contributed by atoms with van der Waals surface area (Å²) >= 11 is 0. The van der Waals surface area contributed by atoms with E-state index < -0.39 is 12.0 Å². The number of halogens is 3. The van der Waals surface area contributed by atoms with Crippen molar-refractivity contribution in [3.8, 4) is 5.75 Å². The summed E-state index contributed by atoms with van der Waals surface area (Å²) in [6, 6.07) is -0.279. The molecule has 11 heteroatoms. The monoisotopic (exact) mass is 512 g/mol. The number of likely N-dealkylation sites (N-methyl/N-ethyl adjacent to an activating group) is 1. The first-order chi connectivity index (χ1) is 15.5. The number of aryl methyl sites for hydroxylation is 1. The standard InChI is InChI=1S/C22H27F3N6O2.3CH4/c1-11(2)18-20(32)30-17-12(3)28-16(29-19(17)31(18)4)7-13-5-14(6-13)10-33-15-8-26-21(27-9-15)22(23,24)25;;;/h8-9,11,13-14,18H,5-7,10H2,1-4H3,(H,30,32);3*1H4/t13?,14?,18-;;;/m0.../s1. The van der Waals surface area contributed by atoms with Crippen LogP contribution in [0.4, 0.5) is 24.7 Å². The lowest BCUT2D eigenvalue weighted by Crippen LogP contribution is -2.49. The molecule has 0 aromatic carbocycles. The van der Waals surface area contributed by atoms with Crippen LogP contribution in [-0.4, -0.2) is 45.5 Å². The van der Waals surface area contributed by atoms with Crippen molar-refractivity contribution in [1.82, 2.24) is 19.9 Å². The van der Waals surface area contributed by atoms with Crippen LogP contribution in [0.25, 0.3) is 0 Å². The molecule has 3 heterocycles. The van der Waals surface area contributed by atoms with Gasteiger partial charge in [0, 0.05) is 13.5 Å². The van der Waals surface area contributed by atoms with Crippen molar-refractivity contribution >= 4 is 17.4 Å². The number of fused-ring (bicyclic) bond motifs is 1. The van der Waals surface area contributed by atoms with E-state index >= 15 is 0 Å². The molecule has 1 amide bonds. The average Bonchev–Trinajstić information content (AvgIpc) is 2.70. The summed E-state index contributed by atoms with van der Waals surface area (Å²) in [6.45, 7) is 6.29. The Morgan fingerprint density at radius 2 is 1.72 bits per heavy atom. The van der Waals surface area contributed by atoms with E-state index in [4.69, 9.17) is 9.72 Å². The molecule has 1 N–H and O–H groups in total. The fourth-order valence-corrected chi connectivity index (χ4v) is 4.55. The predicted octanol–water partition coefficient (Wildman–Crippen LogP) is 5.56. The van der Waals surface area contributed by atoms with E-state index in [9.17, 15) is 18.0 Å². The Labute approximate surface area is 212 Å². The molecule has 0 unspecified atom stereocenters. The zero-order chi connectivity index (χ0) is 23.9. The third-order valence-corrected chi connectivity index (χ3v) is 6.19. The number of hydrogen-bond acceptors (Lipinski definition) is 7. The zero-order valence-electron chi connectivity index (χ0n) is 19.0. The molecule has 1 atom stereocenters. The molecule has 1 saturated carbocycles. The Bertz CT molecular complexity index is 1020. The normalized spacial score (nSPS) is 20.7. The fraction of sp³-hybridized carbons (Fsp3) is 0.640. The molecule has 0 radical (unpaired) electrons. The summed E-state index contributed by atoms with van der Waals surface area (Å²) in [5.74, 6) is 1.36. The summed E-state index contributed by atoms with van der Waals surface area (Å²) in [7, 11) is 1.89. The smallest absolute Gasteiger partial charge is 0.451 e. The predicted molar refractivity (Wildman–Crippen MR) is 135 cm³/mol. The van der Waals surface area contributed by atoms with Crippen LogP contribution in [0.1, 0.15) is 66.3 Å². The van der Waals surface area contributed by atoms with E-state index in [0.29, 0.717) is 24.1 Å². The van der Waals surface area contributed by atoms with Crippen molar-refractivity contribution in [2.75, 3.05) is 23.9 Å². The van der Waals surface area contributed by atoms with Crippen molar-refractivity contribution in [1.29, 1.82) is 0 Å². The van der Waals surface area contributed by atoms with Crippen molar-refractivity contribution in [3.05, 3.63) is 29.7 Å². The van der Waals surface area contributed by atoms with E-state index in [1.54, 1.807) is 0 Å². The van der Waals surface area contributed by atoms with Crippen molar-refractivity contribution in [2.24, 2.45) is 17.8 Å². The van der Waals surface area contributed by atoms with Crippen LogP contribution in [0.5, 0.6) is 5.75 Å². The van der Waals surface area contributed by atoms with Gasteiger partial charge in [0.25, 0.3) is 0 Å².